The third-order valence-corrected chi connectivity index (χ3v) is 6.37. The van der Waals surface area contributed by atoms with Gasteiger partial charge in [-0.05, 0) is 30.2 Å². The molecular weight excluding hydrogens is 330 g/mol. The van der Waals surface area contributed by atoms with Crippen molar-refractivity contribution in [1.29, 1.82) is 0 Å². The average Bonchev–Trinajstić information content (AvgIpc) is 2.58. The lowest BCUT2D eigenvalue weighted by atomic mass is 9.95. The van der Waals surface area contributed by atoms with Crippen LogP contribution in [0, 0.1) is 0 Å². The van der Waals surface area contributed by atoms with E-state index in [0.29, 0.717) is 17.7 Å². The number of aromatic hydroxyl groups is 1. The molecule has 1 heterocycles. The number of fused-ring (bicyclic) bond motifs is 1. The second-order valence-corrected chi connectivity index (χ2v) is 7.75. The Hall–Kier alpha value is -2.09. The summed E-state index contributed by atoms with van der Waals surface area (Å²) in [5.74, 6) is 0.320. The maximum atomic E-state index is 12.7. The van der Waals surface area contributed by atoms with E-state index in [1.165, 1.54) is 30.6 Å². The number of nitrogens with zero attached hydrogens (tertiary/aromatic N) is 1. The molecule has 0 unspecified atom stereocenters. The third-order valence-electron chi connectivity index (χ3n) is 4.42. The predicted octanol–water partition coefficient (Wildman–Crippen LogP) is 1.68. The SMILES string of the molecule is COc1cc(C[C@H]2[C@@H](O)c3ccccc3S(=O)(=O)N2C)ccc1O. The van der Waals surface area contributed by atoms with Crippen LogP contribution < -0.4 is 4.74 Å². The lowest BCUT2D eigenvalue weighted by Crippen LogP contribution is -2.46. The van der Waals surface area contributed by atoms with Gasteiger partial charge >= 0.3 is 0 Å². The molecule has 24 heavy (non-hydrogen) atoms. The number of hydrogen-bond acceptors (Lipinski definition) is 5. The fraction of sp³-hybridized carbons (Fsp3) is 0.294. The number of sulfonamides is 1. The Morgan fingerprint density at radius 1 is 1.21 bits per heavy atom. The van der Waals surface area contributed by atoms with Crippen molar-refractivity contribution in [1.82, 2.24) is 4.31 Å². The minimum Gasteiger partial charge on any atom is -0.504 e. The van der Waals surface area contributed by atoms with Crippen LogP contribution in [0.1, 0.15) is 17.2 Å². The van der Waals surface area contributed by atoms with E-state index < -0.39 is 22.2 Å². The van der Waals surface area contributed by atoms with Crippen LogP contribution in [0.15, 0.2) is 47.4 Å². The minimum absolute atomic E-state index is 0.0109. The zero-order valence-corrected chi connectivity index (χ0v) is 14.2. The average molecular weight is 349 g/mol. The Bertz CT molecular complexity index is 865. The number of likely N-dealkylation sites (N-methyl/N-ethyl adjacent to an activating group) is 1. The molecule has 0 amide bonds. The number of rotatable bonds is 3. The first kappa shape index (κ1) is 16.8. The van der Waals surface area contributed by atoms with Crippen molar-refractivity contribution in [3.8, 4) is 11.5 Å². The first-order valence-corrected chi connectivity index (χ1v) is 8.91. The van der Waals surface area contributed by atoms with Crippen molar-refractivity contribution < 1.29 is 23.4 Å². The number of aliphatic hydroxyl groups excluding tert-OH is 1. The van der Waals surface area contributed by atoms with Crippen LogP contribution in [0.3, 0.4) is 0 Å². The Balaban J connectivity index is 2.00. The molecule has 0 radical (unpaired) electrons. The molecular formula is C17H19NO5S. The topological polar surface area (TPSA) is 87.1 Å². The van der Waals surface area contributed by atoms with Gasteiger partial charge in [0.1, 0.15) is 0 Å². The van der Waals surface area contributed by atoms with Crippen molar-refractivity contribution in [2.45, 2.75) is 23.5 Å². The van der Waals surface area contributed by atoms with Crippen LogP contribution in [0.25, 0.3) is 0 Å². The number of hydrogen-bond donors (Lipinski definition) is 2. The second-order valence-electron chi connectivity index (χ2n) is 5.78. The summed E-state index contributed by atoms with van der Waals surface area (Å²) in [6.45, 7) is 0. The third kappa shape index (κ3) is 2.64. The fourth-order valence-electron chi connectivity index (χ4n) is 3.03. The van der Waals surface area contributed by atoms with Gasteiger partial charge in [0.15, 0.2) is 11.5 Å². The molecule has 0 fully saturated rings. The summed E-state index contributed by atoms with van der Waals surface area (Å²) in [6.07, 6.45) is -0.642. The van der Waals surface area contributed by atoms with Crippen LogP contribution in [0.5, 0.6) is 11.5 Å². The van der Waals surface area contributed by atoms with Gasteiger partial charge in [-0.25, -0.2) is 8.42 Å². The molecule has 7 heteroatoms. The summed E-state index contributed by atoms with van der Waals surface area (Å²) in [5.41, 5.74) is 1.17. The first-order valence-electron chi connectivity index (χ1n) is 7.47. The summed E-state index contributed by atoms with van der Waals surface area (Å²) in [6, 6.07) is 10.7. The number of phenolic OH excluding ortho intramolecular Hbond substituents is 1. The lowest BCUT2D eigenvalue weighted by Gasteiger charge is -2.37. The molecule has 128 valence electrons. The standard InChI is InChI=1S/C17H19NO5S/c1-18-13(9-11-7-8-14(19)15(10-11)23-2)17(20)12-5-3-4-6-16(12)24(18,21)22/h3-8,10,13,17,19-20H,9H2,1-2H3/t13-,17-/m0/s1. The van der Waals surface area contributed by atoms with Crippen LogP contribution >= 0.6 is 0 Å². The molecule has 0 aromatic heterocycles. The number of benzene rings is 2. The smallest absolute Gasteiger partial charge is 0.243 e. The van der Waals surface area contributed by atoms with Gasteiger partial charge in [-0.2, -0.15) is 4.31 Å². The van der Waals surface area contributed by atoms with Crippen molar-refractivity contribution in [2.75, 3.05) is 14.2 Å². The molecule has 0 spiro atoms. The van der Waals surface area contributed by atoms with E-state index in [0.717, 1.165) is 5.56 Å². The molecule has 2 N–H and O–H groups in total. The van der Waals surface area contributed by atoms with Gasteiger partial charge in [-0.3, -0.25) is 0 Å². The molecule has 2 aromatic rings. The fourth-order valence-corrected chi connectivity index (χ4v) is 4.62. The highest BCUT2D eigenvalue weighted by Crippen LogP contribution is 2.37. The number of aliphatic hydroxyl groups is 1. The number of phenols is 1. The molecule has 2 aromatic carbocycles. The molecule has 0 bridgehead atoms. The Morgan fingerprint density at radius 3 is 2.62 bits per heavy atom. The quantitative estimate of drug-likeness (QED) is 0.880. The molecule has 1 aliphatic heterocycles. The molecule has 0 saturated carbocycles. The van der Waals surface area contributed by atoms with Gasteiger partial charge in [0.2, 0.25) is 10.0 Å². The van der Waals surface area contributed by atoms with Crippen molar-refractivity contribution in [2.24, 2.45) is 0 Å². The van der Waals surface area contributed by atoms with Crippen molar-refractivity contribution >= 4 is 10.0 Å². The molecule has 6 nitrogen and oxygen atoms in total. The number of ether oxygens (including phenoxy) is 1. The van der Waals surface area contributed by atoms with Crippen molar-refractivity contribution in [3.63, 3.8) is 0 Å². The van der Waals surface area contributed by atoms with E-state index in [1.54, 1.807) is 30.3 Å². The van der Waals surface area contributed by atoms with E-state index in [2.05, 4.69) is 0 Å². The van der Waals surface area contributed by atoms with E-state index in [1.807, 2.05) is 0 Å². The zero-order valence-electron chi connectivity index (χ0n) is 13.4. The Labute approximate surface area is 141 Å². The number of methoxy groups -OCH3 is 1. The molecule has 0 saturated heterocycles. The maximum absolute atomic E-state index is 12.7. The van der Waals surface area contributed by atoms with Gasteiger partial charge in [0.25, 0.3) is 0 Å². The van der Waals surface area contributed by atoms with Gasteiger partial charge in [-0.15, -0.1) is 0 Å². The first-order chi connectivity index (χ1) is 11.4. The Morgan fingerprint density at radius 2 is 1.92 bits per heavy atom. The monoisotopic (exact) mass is 349 g/mol. The van der Waals surface area contributed by atoms with Crippen LogP contribution in [-0.4, -0.2) is 43.1 Å². The Kier molecular flexibility index (Phi) is 4.25. The molecule has 1 aliphatic rings. The highest BCUT2D eigenvalue weighted by atomic mass is 32.2. The van der Waals surface area contributed by atoms with Gasteiger partial charge in [0, 0.05) is 12.6 Å². The van der Waals surface area contributed by atoms with Crippen LogP contribution in [0.2, 0.25) is 0 Å². The van der Waals surface area contributed by atoms with Gasteiger partial charge in [0.05, 0.1) is 24.2 Å². The summed E-state index contributed by atoms with van der Waals surface area (Å²) in [5, 5.41) is 20.4. The minimum atomic E-state index is -3.65. The van der Waals surface area contributed by atoms with E-state index in [-0.39, 0.29) is 10.6 Å². The van der Waals surface area contributed by atoms with Crippen LogP contribution in [-0.2, 0) is 16.4 Å². The van der Waals surface area contributed by atoms with E-state index in [9.17, 15) is 18.6 Å². The molecule has 2 atom stereocenters. The van der Waals surface area contributed by atoms with E-state index >= 15 is 0 Å². The summed E-state index contributed by atoms with van der Waals surface area (Å²) >= 11 is 0. The van der Waals surface area contributed by atoms with Gasteiger partial charge in [-0.1, -0.05) is 24.3 Å². The lowest BCUT2D eigenvalue weighted by molar-refractivity contribution is 0.0891. The predicted molar refractivity (Wildman–Crippen MR) is 88.5 cm³/mol. The second kappa shape index (κ2) is 6.08. The maximum Gasteiger partial charge on any atom is 0.243 e. The van der Waals surface area contributed by atoms with Gasteiger partial charge < -0.3 is 14.9 Å². The highest BCUT2D eigenvalue weighted by molar-refractivity contribution is 7.89. The zero-order chi connectivity index (χ0) is 17.5. The summed E-state index contributed by atoms with van der Waals surface area (Å²) in [7, 11) is -0.739. The normalized spacial score (nSPS) is 22.8. The largest absolute Gasteiger partial charge is 0.504 e. The highest BCUT2D eigenvalue weighted by Gasteiger charge is 2.41. The van der Waals surface area contributed by atoms with E-state index in [4.69, 9.17) is 4.74 Å². The van der Waals surface area contributed by atoms with Crippen molar-refractivity contribution in [3.05, 3.63) is 53.6 Å². The molecule has 3 rings (SSSR count). The molecule has 0 aliphatic carbocycles. The van der Waals surface area contributed by atoms with Crippen LogP contribution in [0.4, 0.5) is 0 Å². The summed E-state index contributed by atoms with van der Waals surface area (Å²) in [4.78, 5) is 0.138. The summed E-state index contributed by atoms with van der Waals surface area (Å²) < 4.78 is 31.6.